The van der Waals surface area contributed by atoms with E-state index in [1.165, 1.54) is 18.6 Å². The lowest BCUT2D eigenvalue weighted by Crippen LogP contribution is -2.37. The summed E-state index contributed by atoms with van der Waals surface area (Å²) < 4.78 is 41.3. The van der Waals surface area contributed by atoms with Crippen molar-refractivity contribution < 1.29 is 17.6 Å². The molecule has 0 bridgehead atoms. The molecule has 144 valence electrons. The first-order valence-corrected chi connectivity index (χ1v) is 10.2. The average Bonchev–Trinajstić information content (AvgIpc) is 2.92. The molecule has 1 heterocycles. The third-order valence-corrected chi connectivity index (χ3v) is 6.01. The number of fused-ring (bicyclic) bond motifs is 1. The summed E-state index contributed by atoms with van der Waals surface area (Å²) >= 11 is 0. The Labute approximate surface area is 158 Å². The van der Waals surface area contributed by atoms with Crippen molar-refractivity contribution in [3.63, 3.8) is 0 Å². The maximum atomic E-state index is 13.7. The first-order valence-electron chi connectivity index (χ1n) is 8.69. The Morgan fingerprint density at radius 3 is 2.74 bits per heavy atom. The van der Waals surface area contributed by atoms with Crippen LogP contribution in [0, 0.1) is 5.82 Å². The number of anilines is 2. The molecule has 0 aromatic heterocycles. The van der Waals surface area contributed by atoms with E-state index in [-0.39, 0.29) is 17.1 Å². The van der Waals surface area contributed by atoms with Gasteiger partial charge in [-0.25, -0.2) is 17.5 Å². The summed E-state index contributed by atoms with van der Waals surface area (Å²) in [5.41, 5.74) is 2.22. The molecule has 3 rings (SSSR count). The van der Waals surface area contributed by atoms with Crippen molar-refractivity contribution in [2.75, 3.05) is 23.3 Å². The van der Waals surface area contributed by atoms with Gasteiger partial charge >= 0.3 is 0 Å². The molecule has 1 aliphatic rings. The Balaban J connectivity index is 1.68. The smallest absolute Gasteiger partial charge is 0.240 e. The van der Waals surface area contributed by atoms with Crippen molar-refractivity contribution >= 4 is 27.3 Å². The summed E-state index contributed by atoms with van der Waals surface area (Å²) in [6.07, 6.45) is 0.932. The molecular weight excluding hydrogens is 369 g/mol. The number of halogens is 1. The molecule has 1 amide bonds. The zero-order valence-electron chi connectivity index (χ0n) is 15.2. The highest BCUT2D eigenvalue weighted by Gasteiger charge is 2.25. The number of carbonyl (C=O) groups excluding carboxylic acids is 1. The Bertz CT molecular complexity index is 962. The topological polar surface area (TPSA) is 78.5 Å². The zero-order valence-corrected chi connectivity index (χ0v) is 16.0. The van der Waals surface area contributed by atoms with Crippen molar-refractivity contribution in [2.45, 2.75) is 31.2 Å². The Morgan fingerprint density at radius 2 is 2.00 bits per heavy atom. The molecule has 0 saturated heterocycles. The third kappa shape index (κ3) is 4.28. The highest BCUT2D eigenvalue weighted by Crippen LogP contribution is 2.31. The fourth-order valence-corrected chi connectivity index (χ4v) is 4.36. The number of sulfonamides is 1. The molecule has 8 heteroatoms. The minimum absolute atomic E-state index is 0.0949. The summed E-state index contributed by atoms with van der Waals surface area (Å²) in [6, 6.07) is 11.7. The van der Waals surface area contributed by atoms with E-state index in [0.29, 0.717) is 12.6 Å². The Morgan fingerprint density at radius 1 is 1.26 bits per heavy atom. The van der Waals surface area contributed by atoms with Crippen molar-refractivity contribution in [1.82, 2.24) is 4.72 Å². The number of amides is 1. The maximum absolute atomic E-state index is 13.7. The molecule has 0 aliphatic carbocycles. The lowest BCUT2D eigenvalue weighted by Gasteiger charge is -2.25. The quantitative estimate of drug-likeness (QED) is 0.793. The second-order valence-corrected chi connectivity index (χ2v) is 8.36. The van der Waals surface area contributed by atoms with Gasteiger partial charge in [0.25, 0.3) is 0 Å². The van der Waals surface area contributed by atoms with Gasteiger partial charge in [-0.15, -0.1) is 0 Å². The van der Waals surface area contributed by atoms with E-state index in [9.17, 15) is 17.6 Å². The van der Waals surface area contributed by atoms with Crippen molar-refractivity contribution in [2.24, 2.45) is 0 Å². The molecule has 2 aromatic rings. The van der Waals surface area contributed by atoms with E-state index >= 15 is 0 Å². The van der Waals surface area contributed by atoms with Gasteiger partial charge in [-0.3, -0.25) is 4.79 Å². The zero-order chi connectivity index (χ0) is 19.6. The van der Waals surface area contributed by atoms with Crippen molar-refractivity contribution in [3.05, 3.63) is 53.8 Å². The molecule has 1 unspecified atom stereocenters. The highest BCUT2D eigenvalue weighted by atomic mass is 32.2. The molecule has 1 atom stereocenters. The largest absolute Gasteiger partial charge is 0.367 e. The minimum Gasteiger partial charge on any atom is -0.367 e. The number of carbonyl (C=O) groups is 1. The summed E-state index contributed by atoms with van der Waals surface area (Å²) in [5, 5.41) is 2.29. The minimum atomic E-state index is -3.82. The van der Waals surface area contributed by atoms with E-state index in [1.54, 1.807) is 0 Å². The van der Waals surface area contributed by atoms with Crippen LogP contribution in [0.5, 0.6) is 0 Å². The van der Waals surface area contributed by atoms with Crippen LogP contribution in [-0.2, 0) is 21.2 Å². The van der Waals surface area contributed by atoms with Gasteiger partial charge in [0.1, 0.15) is 5.82 Å². The van der Waals surface area contributed by atoms with Gasteiger partial charge in [-0.2, -0.15) is 0 Å². The molecular formula is C19H22FN3O3S. The van der Waals surface area contributed by atoms with Crippen molar-refractivity contribution in [1.29, 1.82) is 0 Å². The van der Waals surface area contributed by atoms with Gasteiger partial charge in [0.2, 0.25) is 15.9 Å². The Kier molecular flexibility index (Phi) is 5.48. The number of nitrogens with one attached hydrogen (secondary N) is 2. The molecule has 0 fully saturated rings. The van der Waals surface area contributed by atoms with Gasteiger partial charge in [-0.05, 0) is 43.2 Å². The van der Waals surface area contributed by atoms with Gasteiger partial charge < -0.3 is 10.2 Å². The molecule has 1 aliphatic heterocycles. The number of hydrogen-bond acceptors (Lipinski definition) is 4. The number of para-hydroxylation sites is 1. The van der Waals surface area contributed by atoms with Crippen LogP contribution in [-0.4, -0.2) is 33.5 Å². The second kappa shape index (κ2) is 7.66. The van der Waals surface area contributed by atoms with Crippen molar-refractivity contribution in [3.8, 4) is 0 Å². The van der Waals surface area contributed by atoms with Gasteiger partial charge in [0.15, 0.2) is 0 Å². The lowest BCUT2D eigenvalue weighted by atomic mass is 10.1. The number of nitrogens with zero attached hydrogens (tertiary/aromatic N) is 1. The molecule has 2 N–H and O–H groups in total. The molecule has 0 radical (unpaired) electrons. The van der Waals surface area contributed by atoms with Crippen LogP contribution in [0.25, 0.3) is 0 Å². The average molecular weight is 391 g/mol. The first-order chi connectivity index (χ1) is 12.8. The normalized spacial score (nSPS) is 16.3. The highest BCUT2D eigenvalue weighted by molar-refractivity contribution is 7.89. The number of rotatable bonds is 6. The molecule has 27 heavy (non-hydrogen) atoms. The van der Waals surface area contributed by atoms with Gasteiger partial charge in [0, 0.05) is 31.7 Å². The SMILES string of the molecule is CC(=O)Nc1cc(S(=O)(=O)NCCN2c3ccccc3CC2C)ccc1F. The van der Waals surface area contributed by atoms with Crippen LogP contribution in [0.2, 0.25) is 0 Å². The Hall–Kier alpha value is -2.45. The summed E-state index contributed by atoms with van der Waals surface area (Å²) in [4.78, 5) is 13.2. The van der Waals surface area contributed by atoms with Gasteiger partial charge in [0.05, 0.1) is 10.6 Å². The molecule has 0 spiro atoms. The number of hydrogen-bond donors (Lipinski definition) is 2. The first kappa shape index (κ1) is 19.3. The van der Waals surface area contributed by atoms with E-state index in [0.717, 1.165) is 24.2 Å². The molecule has 6 nitrogen and oxygen atoms in total. The third-order valence-electron chi connectivity index (χ3n) is 4.55. The van der Waals surface area contributed by atoms with E-state index in [1.807, 2.05) is 18.2 Å². The fourth-order valence-electron chi connectivity index (χ4n) is 3.31. The summed E-state index contributed by atoms with van der Waals surface area (Å²) in [7, 11) is -3.82. The molecule has 2 aromatic carbocycles. The van der Waals surface area contributed by atoms with Crippen LogP contribution in [0.15, 0.2) is 47.4 Å². The number of benzene rings is 2. The van der Waals surface area contributed by atoms with Crippen LogP contribution >= 0.6 is 0 Å². The predicted molar refractivity (Wildman–Crippen MR) is 103 cm³/mol. The van der Waals surface area contributed by atoms with Gasteiger partial charge in [-0.1, -0.05) is 18.2 Å². The van der Waals surface area contributed by atoms with E-state index in [4.69, 9.17) is 0 Å². The maximum Gasteiger partial charge on any atom is 0.240 e. The summed E-state index contributed by atoms with van der Waals surface area (Å²) in [5.74, 6) is -1.16. The fraction of sp³-hybridized carbons (Fsp3) is 0.316. The summed E-state index contributed by atoms with van der Waals surface area (Å²) in [6.45, 7) is 4.08. The van der Waals surface area contributed by atoms with Crippen LogP contribution < -0.4 is 14.9 Å². The standard InChI is InChI=1S/C19H22FN3O3S/c1-13-11-15-5-3-4-6-19(15)23(13)10-9-21-27(25,26)16-7-8-17(20)18(12-16)22-14(2)24/h3-8,12-13,21H,9-11H2,1-2H3,(H,22,24). The monoisotopic (exact) mass is 391 g/mol. The van der Waals surface area contributed by atoms with Crippen LogP contribution in [0.4, 0.5) is 15.8 Å². The van der Waals surface area contributed by atoms with Crippen LogP contribution in [0.3, 0.4) is 0 Å². The lowest BCUT2D eigenvalue weighted by molar-refractivity contribution is -0.114. The van der Waals surface area contributed by atoms with Crippen LogP contribution in [0.1, 0.15) is 19.4 Å². The van der Waals surface area contributed by atoms with E-state index in [2.05, 4.69) is 27.9 Å². The molecule has 0 saturated carbocycles. The second-order valence-electron chi connectivity index (χ2n) is 6.60. The van der Waals surface area contributed by atoms with E-state index < -0.39 is 21.7 Å². The predicted octanol–water partition coefficient (Wildman–Crippen LogP) is 2.51.